The molecule has 102 valence electrons. The number of pyridine rings is 2. The fraction of sp³-hybridized carbons (Fsp3) is 0. The molecule has 0 bridgehead atoms. The number of carboxylic acids is 1. The number of hydrogen-bond donors (Lipinski definition) is 1. The monoisotopic (exact) mass is 276 g/mol. The molecule has 0 fully saturated rings. The zero-order valence-electron chi connectivity index (χ0n) is 11.1. The molecule has 2 aromatic heterocycles. The van der Waals surface area contributed by atoms with Gasteiger partial charge in [-0.2, -0.15) is 0 Å². The number of benzene rings is 1. The number of hydrogen-bond acceptors (Lipinski definition) is 3. The second kappa shape index (κ2) is 5.54. The maximum Gasteiger partial charge on any atom is 0.336 e. The number of carbonyl (C=O) groups is 1. The number of nitrogens with zero attached hydrogens (tertiary/aromatic N) is 2. The molecule has 0 aliphatic rings. The molecule has 0 saturated heterocycles. The summed E-state index contributed by atoms with van der Waals surface area (Å²) in [6, 6.07) is 12.6. The number of aromatic carboxylic acids is 1. The molecule has 2 heterocycles. The molecule has 0 unspecified atom stereocenters. The van der Waals surface area contributed by atoms with Crippen molar-refractivity contribution in [2.45, 2.75) is 0 Å². The first-order valence-corrected chi connectivity index (χ1v) is 6.45. The van der Waals surface area contributed by atoms with E-state index in [1.165, 1.54) is 0 Å². The Bertz CT molecular complexity index is 827. The minimum absolute atomic E-state index is 0.256. The van der Waals surface area contributed by atoms with E-state index in [2.05, 4.69) is 9.97 Å². The molecule has 3 rings (SSSR count). The van der Waals surface area contributed by atoms with Crippen molar-refractivity contribution in [1.82, 2.24) is 9.97 Å². The van der Waals surface area contributed by atoms with Gasteiger partial charge in [-0.25, -0.2) is 9.78 Å². The summed E-state index contributed by atoms with van der Waals surface area (Å²) in [5.74, 6) is -0.954. The van der Waals surface area contributed by atoms with Gasteiger partial charge in [-0.3, -0.25) is 4.98 Å². The zero-order valence-corrected chi connectivity index (χ0v) is 11.1. The van der Waals surface area contributed by atoms with Gasteiger partial charge in [0.15, 0.2) is 0 Å². The third kappa shape index (κ3) is 2.79. The molecule has 0 aliphatic carbocycles. The van der Waals surface area contributed by atoms with Gasteiger partial charge in [0.05, 0.1) is 16.8 Å². The third-order valence-corrected chi connectivity index (χ3v) is 3.10. The highest BCUT2D eigenvalue weighted by molar-refractivity contribution is 6.03. The predicted molar refractivity (Wildman–Crippen MR) is 81.9 cm³/mol. The van der Waals surface area contributed by atoms with Gasteiger partial charge in [0.25, 0.3) is 0 Å². The number of rotatable bonds is 3. The van der Waals surface area contributed by atoms with Crippen molar-refractivity contribution in [2.75, 3.05) is 0 Å². The van der Waals surface area contributed by atoms with E-state index in [1.807, 2.05) is 36.4 Å². The Morgan fingerprint density at radius 1 is 1.10 bits per heavy atom. The summed E-state index contributed by atoms with van der Waals surface area (Å²) in [5, 5.41) is 9.97. The topological polar surface area (TPSA) is 63.1 Å². The molecule has 0 aliphatic heterocycles. The van der Waals surface area contributed by atoms with Crippen molar-refractivity contribution in [3.05, 3.63) is 71.7 Å². The van der Waals surface area contributed by atoms with E-state index in [1.54, 1.807) is 30.6 Å². The Morgan fingerprint density at radius 3 is 2.71 bits per heavy atom. The highest BCUT2D eigenvalue weighted by atomic mass is 16.4. The first-order chi connectivity index (χ1) is 10.2. The van der Waals surface area contributed by atoms with Crippen LogP contribution in [0.1, 0.15) is 21.6 Å². The van der Waals surface area contributed by atoms with E-state index in [4.69, 9.17) is 0 Å². The second-order valence-corrected chi connectivity index (χ2v) is 4.54. The molecule has 1 aromatic carbocycles. The lowest BCUT2D eigenvalue weighted by molar-refractivity contribution is 0.0699. The lowest BCUT2D eigenvalue weighted by Crippen LogP contribution is -2.00. The van der Waals surface area contributed by atoms with Crippen LogP contribution in [0.3, 0.4) is 0 Å². The van der Waals surface area contributed by atoms with Crippen LogP contribution in [0.15, 0.2) is 54.9 Å². The van der Waals surface area contributed by atoms with Crippen molar-refractivity contribution >= 4 is 29.0 Å². The SMILES string of the molecule is O=C(O)c1cc(/C=C/c2cccnc2)nc2ccccc12. The standard InChI is InChI=1S/C17H12N2O2/c20-17(21)15-10-13(8-7-12-4-3-9-18-11-12)19-16-6-2-1-5-14(15)16/h1-11H,(H,20,21)/b8-7+. The number of aromatic nitrogens is 2. The van der Waals surface area contributed by atoms with Gasteiger partial charge in [-0.05, 0) is 29.8 Å². The lowest BCUT2D eigenvalue weighted by atomic mass is 10.1. The molecule has 0 amide bonds. The summed E-state index contributed by atoms with van der Waals surface area (Å²) in [6.45, 7) is 0. The van der Waals surface area contributed by atoms with Crippen molar-refractivity contribution < 1.29 is 9.90 Å². The van der Waals surface area contributed by atoms with Crippen LogP contribution >= 0.6 is 0 Å². The van der Waals surface area contributed by atoms with Crippen LogP contribution in [0.5, 0.6) is 0 Å². The Balaban J connectivity index is 2.07. The highest BCUT2D eigenvalue weighted by Gasteiger charge is 2.10. The van der Waals surface area contributed by atoms with Crippen LogP contribution in [0.4, 0.5) is 0 Å². The Morgan fingerprint density at radius 2 is 1.95 bits per heavy atom. The fourth-order valence-electron chi connectivity index (χ4n) is 2.11. The van der Waals surface area contributed by atoms with Gasteiger partial charge in [-0.15, -0.1) is 0 Å². The average Bonchev–Trinajstić information content (AvgIpc) is 2.53. The molecule has 1 N–H and O–H groups in total. The normalized spacial score (nSPS) is 11.0. The molecule has 0 saturated carbocycles. The predicted octanol–water partition coefficient (Wildman–Crippen LogP) is 3.50. The van der Waals surface area contributed by atoms with Crippen LogP contribution in [-0.2, 0) is 0 Å². The van der Waals surface area contributed by atoms with Crippen LogP contribution in [0.2, 0.25) is 0 Å². The van der Waals surface area contributed by atoms with Crippen molar-refractivity contribution in [1.29, 1.82) is 0 Å². The Labute approximate surface area is 121 Å². The second-order valence-electron chi connectivity index (χ2n) is 4.54. The van der Waals surface area contributed by atoms with E-state index >= 15 is 0 Å². The minimum Gasteiger partial charge on any atom is -0.478 e. The van der Waals surface area contributed by atoms with Crippen LogP contribution in [0.25, 0.3) is 23.1 Å². The van der Waals surface area contributed by atoms with Crippen molar-refractivity contribution in [3.8, 4) is 0 Å². The Hall–Kier alpha value is -3.01. The van der Waals surface area contributed by atoms with Crippen LogP contribution in [0, 0.1) is 0 Å². The van der Waals surface area contributed by atoms with Gasteiger partial charge in [0.1, 0.15) is 0 Å². The summed E-state index contributed by atoms with van der Waals surface area (Å²) in [7, 11) is 0. The largest absolute Gasteiger partial charge is 0.478 e. The maximum absolute atomic E-state index is 11.4. The van der Waals surface area contributed by atoms with Crippen LogP contribution in [-0.4, -0.2) is 21.0 Å². The summed E-state index contributed by atoms with van der Waals surface area (Å²) < 4.78 is 0. The number of carboxylic acid groups (broad SMARTS) is 1. The van der Waals surface area contributed by atoms with E-state index in [0.29, 0.717) is 16.6 Å². The molecule has 4 nitrogen and oxygen atoms in total. The molecule has 0 atom stereocenters. The summed E-state index contributed by atoms with van der Waals surface area (Å²) >= 11 is 0. The first kappa shape index (κ1) is 13.0. The molecule has 3 aromatic rings. The molecule has 4 heteroatoms. The average molecular weight is 276 g/mol. The highest BCUT2D eigenvalue weighted by Crippen LogP contribution is 2.19. The molecule has 0 spiro atoms. The van der Waals surface area contributed by atoms with Gasteiger partial charge >= 0.3 is 5.97 Å². The van der Waals surface area contributed by atoms with Gasteiger partial charge in [-0.1, -0.05) is 30.3 Å². The summed E-state index contributed by atoms with van der Waals surface area (Å²) in [6.07, 6.45) is 7.08. The maximum atomic E-state index is 11.4. The van der Waals surface area contributed by atoms with E-state index in [9.17, 15) is 9.90 Å². The van der Waals surface area contributed by atoms with Crippen molar-refractivity contribution in [3.63, 3.8) is 0 Å². The molecular weight excluding hydrogens is 264 g/mol. The van der Waals surface area contributed by atoms with Crippen LogP contribution < -0.4 is 0 Å². The van der Waals surface area contributed by atoms with E-state index in [-0.39, 0.29) is 5.56 Å². The van der Waals surface area contributed by atoms with Crippen molar-refractivity contribution in [2.24, 2.45) is 0 Å². The zero-order chi connectivity index (χ0) is 14.7. The number of fused-ring (bicyclic) bond motifs is 1. The summed E-state index contributed by atoms with van der Waals surface area (Å²) in [5.41, 5.74) is 2.47. The Kier molecular flexibility index (Phi) is 3.43. The molecule has 21 heavy (non-hydrogen) atoms. The fourth-order valence-corrected chi connectivity index (χ4v) is 2.11. The lowest BCUT2D eigenvalue weighted by Gasteiger charge is -2.04. The summed E-state index contributed by atoms with van der Waals surface area (Å²) in [4.78, 5) is 19.9. The first-order valence-electron chi connectivity index (χ1n) is 6.45. The number of para-hydroxylation sites is 1. The minimum atomic E-state index is -0.954. The van der Waals surface area contributed by atoms with Gasteiger partial charge in [0, 0.05) is 17.8 Å². The molecular formula is C17H12N2O2. The quantitative estimate of drug-likeness (QED) is 0.795. The van der Waals surface area contributed by atoms with Gasteiger partial charge in [0.2, 0.25) is 0 Å². The van der Waals surface area contributed by atoms with Gasteiger partial charge < -0.3 is 5.11 Å². The third-order valence-electron chi connectivity index (χ3n) is 3.10. The van der Waals surface area contributed by atoms with E-state index < -0.39 is 5.97 Å². The van der Waals surface area contributed by atoms with E-state index in [0.717, 1.165) is 5.56 Å². The molecule has 0 radical (unpaired) electrons. The smallest absolute Gasteiger partial charge is 0.336 e.